The fraction of sp³-hybridized carbons (Fsp3) is 0.333. The summed E-state index contributed by atoms with van der Waals surface area (Å²) in [5.41, 5.74) is 1.69. The van der Waals surface area contributed by atoms with Gasteiger partial charge in [-0.25, -0.2) is 0 Å². The molecule has 0 saturated carbocycles. The molecule has 0 atom stereocenters. The first kappa shape index (κ1) is 26.3. The third-order valence-corrected chi connectivity index (χ3v) is 5.33. The molecule has 2 aromatic carbocycles. The van der Waals surface area contributed by atoms with E-state index in [2.05, 4.69) is 5.32 Å². The molecule has 9 heteroatoms. The lowest BCUT2D eigenvalue weighted by Gasteiger charge is -2.18. The summed E-state index contributed by atoms with van der Waals surface area (Å²) in [6.07, 6.45) is -1.37. The maximum atomic E-state index is 12.6. The van der Waals surface area contributed by atoms with E-state index in [9.17, 15) is 22.8 Å². The van der Waals surface area contributed by atoms with Crippen LogP contribution in [-0.4, -0.2) is 28.9 Å². The lowest BCUT2D eigenvalue weighted by Crippen LogP contribution is -2.27. The topological polar surface area (TPSA) is 75.6 Å². The number of nitrogens with one attached hydrogen (secondary N) is 1. The highest BCUT2D eigenvalue weighted by Gasteiger charge is 2.27. The van der Waals surface area contributed by atoms with Gasteiger partial charge in [0, 0.05) is 22.4 Å². The van der Waals surface area contributed by atoms with Gasteiger partial charge in [0.15, 0.2) is 0 Å². The van der Waals surface area contributed by atoms with Gasteiger partial charge in [-0.05, 0) is 35.4 Å². The van der Waals surface area contributed by atoms with Gasteiger partial charge in [0.25, 0.3) is 0 Å². The van der Waals surface area contributed by atoms with Crippen LogP contribution in [-0.2, 0) is 21.8 Å². The maximum Gasteiger partial charge on any atom is 0.397 e. The Morgan fingerprint density at radius 1 is 1.12 bits per heavy atom. The minimum atomic E-state index is -4.29. The molecule has 0 unspecified atom stereocenters. The van der Waals surface area contributed by atoms with Gasteiger partial charge in [-0.2, -0.15) is 13.2 Å². The molecule has 0 aromatic heterocycles. The van der Waals surface area contributed by atoms with Crippen molar-refractivity contribution in [3.8, 4) is 5.75 Å². The van der Waals surface area contributed by atoms with E-state index in [4.69, 9.17) is 9.84 Å². The third kappa shape index (κ3) is 9.61. The average Bonchev–Trinajstić information content (AvgIpc) is 2.67. The Balaban J connectivity index is 2.18. The van der Waals surface area contributed by atoms with Gasteiger partial charge in [0.1, 0.15) is 5.75 Å². The molecular weight excluding hydrogens is 455 g/mol. The van der Waals surface area contributed by atoms with Crippen LogP contribution in [0.1, 0.15) is 37.5 Å². The first-order chi connectivity index (χ1) is 15.3. The average molecular weight is 482 g/mol. The minimum Gasteiger partial charge on any atom is -0.481 e. The summed E-state index contributed by atoms with van der Waals surface area (Å²) in [4.78, 5) is 23.1. The number of anilines is 1. The third-order valence-electron chi connectivity index (χ3n) is 4.28. The van der Waals surface area contributed by atoms with E-state index >= 15 is 0 Å². The van der Waals surface area contributed by atoms with Gasteiger partial charge in [-0.1, -0.05) is 45.0 Å². The maximum absolute atomic E-state index is 12.6. The molecule has 1 amide bonds. The Kier molecular flexibility index (Phi) is 8.99. The molecule has 0 bridgehead atoms. The smallest absolute Gasteiger partial charge is 0.397 e. The van der Waals surface area contributed by atoms with Crippen molar-refractivity contribution >= 4 is 35.4 Å². The minimum absolute atomic E-state index is 0.0377. The van der Waals surface area contributed by atoms with Crippen LogP contribution < -0.4 is 10.1 Å². The highest BCUT2D eigenvalue weighted by molar-refractivity contribution is 7.98. The molecular formula is C24H26F3NO4S. The Labute approximate surface area is 195 Å². The number of carbonyl (C=O) groups is 2. The Bertz CT molecular complexity index is 1010. The largest absolute Gasteiger partial charge is 0.481 e. The summed E-state index contributed by atoms with van der Waals surface area (Å²) < 4.78 is 43.4. The van der Waals surface area contributed by atoms with E-state index in [-0.39, 0.29) is 18.1 Å². The van der Waals surface area contributed by atoms with E-state index in [0.717, 1.165) is 5.56 Å². The van der Waals surface area contributed by atoms with Crippen LogP contribution >= 0.6 is 11.8 Å². The van der Waals surface area contributed by atoms with Crippen LogP contribution in [0.5, 0.6) is 5.75 Å². The molecule has 2 N–H and O–H groups in total. The van der Waals surface area contributed by atoms with Gasteiger partial charge >= 0.3 is 12.1 Å². The summed E-state index contributed by atoms with van der Waals surface area (Å²) >= 11 is 0.701. The second kappa shape index (κ2) is 11.3. The van der Waals surface area contributed by atoms with Crippen molar-refractivity contribution < 1.29 is 32.6 Å². The number of benzene rings is 2. The van der Waals surface area contributed by atoms with Gasteiger partial charge in [0.05, 0.1) is 18.4 Å². The molecule has 2 aromatic rings. The summed E-state index contributed by atoms with van der Waals surface area (Å²) in [6.45, 7) is 5.28. The van der Waals surface area contributed by atoms with Crippen molar-refractivity contribution in [2.45, 2.75) is 39.1 Å². The van der Waals surface area contributed by atoms with Gasteiger partial charge in [0.2, 0.25) is 5.91 Å². The lowest BCUT2D eigenvalue weighted by molar-refractivity contribution is -0.136. The molecule has 0 aliphatic carbocycles. The zero-order valence-electron chi connectivity index (χ0n) is 18.5. The van der Waals surface area contributed by atoms with Gasteiger partial charge in [-0.3, -0.25) is 9.59 Å². The Hall–Kier alpha value is -2.94. The van der Waals surface area contributed by atoms with E-state index in [1.165, 1.54) is 6.26 Å². The van der Waals surface area contributed by atoms with Crippen LogP contribution in [0, 0.1) is 5.41 Å². The van der Waals surface area contributed by atoms with Gasteiger partial charge in [-0.15, -0.1) is 11.8 Å². The van der Waals surface area contributed by atoms with E-state index in [1.54, 1.807) is 69.3 Å². The SMILES string of the molecule is CC(C)(C)C(=O)Nc1ccc(O/C=C/c2cccc(CC(=O)O)c2)c(CSCC(F)(F)F)c1. The van der Waals surface area contributed by atoms with Crippen molar-refractivity contribution in [3.05, 3.63) is 65.4 Å². The molecule has 0 spiro atoms. The number of aliphatic carboxylic acids is 1. The van der Waals surface area contributed by atoms with E-state index in [0.29, 0.717) is 34.3 Å². The molecule has 33 heavy (non-hydrogen) atoms. The molecule has 5 nitrogen and oxygen atoms in total. The number of halogens is 3. The summed E-state index contributed by atoms with van der Waals surface area (Å²) in [5.74, 6) is -1.76. The summed E-state index contributed by atoms with van der Waals surface area (Å²) in [5, 5.41) is 11.7. The molecule has 0 heterocycles. The van der Waals surface area contributed by atoms with Crippen LogP contribution in [0.25, 0.3) is 6.08 Å². The fourth-order valence-corrected chi connectivity index (χ4v) is 3.43. The number of alkyl halides is 3. The molecule has 0 aliphatic rings. The molecule has 0 radical (unpaired) electrons. The fourth-order valence-electron chi connectivity index (χ4n) is 2.65. The van der Waals surface area contributed by atoms with Crippen molar-refractivity contribution in [2.75, 3.05) is 11.1 Å². The first-order valence-corrected chi connectivity index (χ1v) is 11.2. The predicted molar refractivity (Wildman–Crippen MR) is 124 cm³/mol. The number of amides is 1. The Morgan fingerprint density at radius 3 is 2.48 bits per heavy atom. The quantitative estimate of drug-likeness (QED) is 0.421. The molecule has 178 valence electrons. The summed E-state index contributed by atoms with van der Waals surface area (Å²) in [7, 11) is 0. The highest BCUT2D eigenvalue weighted by atomic mass is 32.2. The zero-order valence-corrected chi connectivity index (χ0v) is 19.3. The second-order valence-electron chi connectivity index (χ2n) is 8.37. The lowest BCUT2D eigenvalue weighted by atomic mass is 9.95. The van der Waals surface area contributed by atoms with Crippen LogP contribution in [0.4, 0.5) is 18.9 Å². The van der Waals surface area contributed by atoms with Crippen molar-refractivity contribution in [1.82, 2.24) is 0 Å². The van der Waals surface area contributed by atoms with E-state index < -0.39 is 23.3 Å². The highest BCUT2D eigenvalue weighted by Crippen LogP contribution is 2.31. The number of hydrogen-bond acceptors (Lipinski definition) is 4. The summed E-state index contributed by atoms with van der Waals surface area (Å²) in [6, 6.07) is 11.7. The number of carboxylic acids is 1. The van der Waals surface area contributed by atoms with Crippen LogP contribution in [0.15, 0.2) is 48.7 Å². The Morgan fingerprint density at radius 2 is 1.85 bits per heavy atom. The second-order valence-corrected chi connectivity index (χ2v) is 9.36. The number of ether oxygens (including phenoxy) is 1. The van der Waals surface area contributed by atoms with Crippen molar-refractivity contribution in [2.24, 2.45) is 5.41 Å². The molecule has 0 aliphatic heterocycles. The molecule has 0 saturated heterocycles. The number of carbonyl (C=O) groups excluding carboxylic acids is 1. The van der Waals surface area contributed by atoms with Gasteiger partial charge < -0.3 is 15.2 Å². The first-order valence-electron chi connectivity index (χ1n) is 10.1. The van der Waals surface area contributed by atoms with Crippen LogP contribution in [0.3, 0.4) is 0 Å². The molecule has 0 fully saturated rings. The monoisotopic (exact) mass is 481 g/mol. The van der Waals surface area contributed by atoms with Crippen molar-refractivity contribution in [3.63, 3.8) is 0 Å². The zero-order chi connectivity index (χ0) is 24.6. The van der Waals surface area contributed by atoms with E-state index in [1.807, 2.05) is 0 Å². The number of rotatable bonds is 9. The standard InChI is InChI=1S/C24H26F3NO4S/c1-23(2,3)22(31)28-19-7-8-20(18(13-19)14-33-15-24(25,26)27)32-10-9-16-5-4-6-17(11-16)12-21(29)30/h4-11,13H,12,14-15H2,1-3H3,(H,28,31)(H,29,30)/b10-9+. The number of thioether (sulfide) groups is 1. The number of hydrogen-bond donors (Lipinski definition) is 2. The molecule has 2 rings (SSSR count). The predicted octanol–water partition coefficient (Wildman–Crippen LogP) is 6.14. The number of carboxylic acid groups (broad SMARTS) is 1. The van der Waals surface area contributed by atoms with Crippen LogP contribution in [0.2, 0.25) is 0 Å². The van der Waals surface area contributed by atoms with Crippen molar-refractivity contribution in [1.29, 1.82) is 0 Å². The normalized spacial score (nSPS) is 12.1.